The van der Waals surface area contributed by atoms with E-state index in [1.54, 1.807) is 0 Å². The number of likely N-dealkylation sites (N-methyl/N-ethyl adjacent to an activating group) is 1. The molecular weight excluding hydrogens is 196 g/mol. The zero-order valence-electron chi connectivity index (χ0n) is 12.1. The summed E-state index contributed by atoms with van der Waals surface area (Å²) in [6.45, 7) is 11.4. The van der Waals surface area contributed by atoms with Crippen LogP contribution in [0.25, 0.3) is 0 Å². The van der Waals surface area contributed by atoms with Crippen LogP contribution in [0.1, 0.15) is 59.8 Å². The van der Waals surface area contributed by atoms with Crippen LogP contribution < -0.4 is 5.32 Å². The molecule has 0 aliphatic carbocycles. The Morgan fingerprint density at radius 3 is 2.38 bits per heavy atom. The van der Waals surface area contributed by atoms with E-state index in [9.17, 15) is 0 Å². The summed E-state index contributed by atoms with van der Waals surface area (Å²) in [5.74, 6) is 0. The van der Waals surface area contributed by atoms with Gasteiger partial charge in [-0.2, -0.15) is 0 Å². The zero-order valence-corrected chi connectivity index (χ0v) is 12.1. The van der Waals surface area contributed by atoms with E-state index in [-0.39, 0.29) is 0 Å². The van der Waals surface area contributed by atoms with Crippen LogP contribution in [0.3, 0.4) is 0 Å². The highest BCUT2D eigenvalue weighted by atomic mass is 15.1. The van der Waals surface area contributed by atoms with E-state index < -0.39 is 0 Å². The average Bonchev–Trinajstić information content (AvgIpc) is 2.28. The van der Waals surface area contributed by atoms with Crippen molar-refractivity contribution in [1.82, 2.24) is 10.2 Å². The summed E-state index contributed by atoms with van der Waals surface area (Å²) in [5, 5.41) is 3.61. The molecule has 0 radical (unpaired) electrons. The molecule has 16 heavy (non-hydrogen) atoms. The van der Waals surface area contributed by atoms with Crippen molar-refractivity contribution in [2.24, 2.45) is 0 Å². The lowest BCUT2D eigenvalue weighted by molar-refractivity contribution is 0.248. The molecule has 2 atom stereocenters. The molecule has 2 heteroatoms. The highest BCUT2D eigenvalue weighted by Gasteiger charge is 2.06. The van der Waals surface area contributed by atoms with Crippen molar-refractivity contribution in [1.29, 1.82) is 0 Å². The molecule has 0 amide bonds. The first-order valence-electron chi connectivity index (χ1n) is 7.05. The summed E-state index contributed by atoms with van der Waals surface area (Å²) in [4.78, 5) is 2.44. The van der Waals surface area contributed by atoms with Crippen LogP contribution in [-0.4, -0.2) is 37.1 Å². The van der Waals surface area contributed by atoms with Crippen molar-refractivity contribution in [3.63, 3.8) is 0 Å². The summed E-state index contributed by atoms with van der Waals surface area (Å²) < 4.78 is 0. The fourth-order valence-electron chi connectivity index (χ4n) is 1.82. The lowest BCUT2D eigenvalue weighted by Crippen LogP contribution is -2.37. The number of hydrogen-bond acceptors (Lipinski definition) is 2. The average molecular weight is 228 g/mol. The Bertz CT molecular complexity index is 148. The van der Waals surface area contributed by atoms with E-state index in [1.807, 2.05) is 0 Å². The molecule has 0 heterocycles. The fourth-order valence-corrected chi connectivity index (χ4v) is 1.82. The minimum Gasteiger partial charge on any atom is -0.313 e. The van der Waals surface area contributed by atoms with Crippen molar-refractivity contribution in [3.05, 3.63) is 0 Å². The lowest BCUT2D eigenvalue weighted by atomic mass is 10.1. The van der Waals surface area contributed by atoms with Gasteiger partial charge in [0.1, 0.15) is 0 Å². The quantitative estimate of drug-likeness (QED) is 0.577. The Kier molecular flexibility index (Phi) is 10.0. The van der Waals surface area contributed by atoms with Crippen LogP contribution in [0, 0.1) is 0 Å². The van der Waals surface area contributed by atoms with Gasteiger partial charge >= 0.3 is 0 Å². The largest absolute Gasteiger partial charge is 0.313 e. The highest BCUT2D eigenvalue weighted by Crippen LogP contribution is 2.03. The Hall–Kier alpha value is -0.0800. The summed E-state index contributed by atoms with van der Waals surface area (Å²) in [6, 6.07) is 1.38. The van der Waals surface area contributed by atoms with Gasteiger partial charge in [0.25, 0.3) is 0 Å². The molecule has 0 rings (SSSR count). The molecular formula is C14H32N2. The second-order valence-corrected chi connectivity index (χ2v) is 5.09. The number of unbranched alkanes of at least 4 members (excludes halogenated alkanes) is 2. The van der Waals surface area contributed by atoms with Gasteiger partial charge in [-0.3, -0.25) is 0 Å². The maximum absolute atomic E-state index is 3.61. The van der Waals surface area contributed by atoms with Gasteiger partial charge in [-0.15, -0.1) is 0 Å². The van der Waals surface area contributed by atoms with Crippen molar-refractivity contribution < 1.29 is 0 Å². The maximum Gasteiger partial charge on any atom is 0.0107 e. The van der Waals surface area contributed by atoms with Gasteiger partial charge in [-0.25, -0.2) is 0 Å². The van der Waals surface area contributed by atoms with Gasteiger partial charge in [-0.05, 0) is 33.7 Å². The maximum atomic E-state index is 3.61. The molecule has 2 nitrogen and oxygen atoms in total. The minimum absolute atomic E-state index is 0.678. The molecule has 0 bridgehead atoms. The van der Waals surface area contributed by atoms with Gasteiger partial charge in [0.2, 0.25) is 0 Å². The Balaban J connectivity index is 3.42. The van der Waals surface area contributed by atoms with E-state index in [4.69, 9.17) is 0 Å². The highest BCUT2D eigenvalue weighted by molar-refractivity contribution is 4.65. The van der Waals surface area contributed by atoms with E-state index in [0.717, 1.165) is 13.1 Å². The lowest BCUT2D eigenvalue weighted by Gasteiger charge is -2.24. The van der Waals surface area contributed by atoms with Crippen LogP contribution in [0.5, 0.6) is 0 Å². The number of nitrogens with one attached hydrogen (secondary N) is 1. The normalized spacial score (nSPS) is 15.4. The van der Waals surface area contributed by atoms with Crippen molar-refractivity contribution in [3.8, 4) is 0 Å². The fraction of sp³-hybridized carbons (Fsp3) is 1.00. The van der Waals surface area contributed by atoms with Gasteiger partial charge < -0.3 is 10.2 Å². The molecule has 0 aromatic heterocycles. The van der Waals surface area contributed by atoms with Crippen molar-refractivity contribution >= 4 is 0 Å². The number of nitrogens with zero attached hydrogens (tertiary/aromatic N) is 1. The second kappa shape index (κ2) is 10.1. The molecule has 0 saturated heterocycles. The molecule has 0 aromatic rings. The molecule has 0 aromatic carbocycles. The molecule has 1 N–H and O–H groups in total. The van der Waals surface area contributed by atoms with Crippen LogP contribution >= 0.6 is 0 Å². The summed E-state index contributed by atoms with van der Waals surface area (Å²) >= 11 is 0. The smallest absolute Gasteiger partial charge is 0.0107 e. The summed E-state index contributed by atoms with van der Waals surface area (Å²) in [7, 11) is 2.22. The van der Waals surface area contributed by atoms with E-state index >= 15 is 0 Å². The van der Waals surface area contributed by atoms with Gasteiger partial charge in [0, 0.05) is 25.2 Å². The predicted octanol–water partition coefficient (Wildman–Crippen LogP) is 3.28. The van der Waals surface area contributed by atoms with E-state index in [0.29, 0.717) is 12.1 Å². The van der Waals surface area contributed by atoms with Crippen LogP contribution in [0.4, 0.5) is 0 Å². The first kappa shape index (κ1) is 15.9. The van der Waals surface area contributed by atoms with Gasteiger partial charge in [-0.1, -0.05) is 33.1 Å². The molecule has 0 aliphatic rings. The van der Waals surface area contributed by atoms with Crippen molar-refractivity contribution in [2.45, 2.75) is 71.9 Å². The molecule has 0 aliphatic heterocycles. The third-order valence-corrected chi connectivity index (χ3v) is 3.54. The molecule has 0 fully saturated rings. The Morgan fingerprint density at radius 1 is 1.12 bits per heavy atom. The van der Waals surface area contributed by atoms with Crippen LogP contribution in [0.2, 0.25) is 0 Å². The molecule has 0 saturated carbocycles. The number of hydrogen-bond donors (Lipinski definition) is 1. The van der Waals surface area contributed by atoms with Crippen LogP contribution in [-0.2, 0) is 0 Å². The Labute approximate surface area is 103 Å². The SMILES string of the molecule is CCCCCC(C)NCCN(C)C(C)CC. The molecule has 98 valence electrons. The topological polar surface area (TPSA) is 15.3 Å². The third kappa shape index (κ3) is 8.12. The van der Waals surface area contributed by atoms with Crippen molar-refractivity contribution in [2.75, 3.05) is 20.1 Å². The predicted molar refractivity (Wildman–Crippen MR) is 74.0 cm³/mol. The van der Waals surface area contributed by atoms with E-state index in [1.165, 1.54) is 32.1 Å². The monoisotopic (exact) mass is 228 g/mol. The standard InChI is InChI=1S/C14H32N2/c1-6-8-9-10-13(3)15-11-12-16(5)14(4)7-2/h13-15H,6-12H2,1-5H3. The second-order valence-electron chi connectivity index (χ2n) is 5.09. The molecule has 0 spiro atoms. The first-order chi connectivity index (χ1) is 7.61. The molecule has 2 unspecified atom stereocenters. The van der Waals surface area contributed by atoms with Gasteiger partial charge in [0.05, 0.1) is 0 Å². The number of rotatable bonds is 10. The summed E-state index contributed by atoms with van der Waals surface area (Å²) in [6.07, 6.45) is 6.62. The van der Waals surface area contributed by atoms with Crippen LogP contribution in [0.15, 0.2) is 0 Å². The zero-order chi connectivity index (χ0) is 12.4. The van der Waals surface area contributed by atoms with Gasteiger partial charge in [0.15, 0.2) is 0 Å². The Morgan fingerprint density at radius 2 is 1.81 bits per heavy atom. The minimum atomic E-state index is 0.678. The first-order valence-corrected chi connectivity index (χ1v) is 7.05. The summed E-state index contributed by atoms with van der Waals surface area (Å²) in [5.41, 5.74) is 0. The van der Waals surface area contributed by atoms with E-state index in [2.05, 4.69) is 45.0 Å². The third-order valence-electron chi connectivity index (χ3n) is 3.54.